The number of hydrogen-bond acceptors (Lipinski definition) is 3. The minimum Gasteiger partial charge on any atom is -0.507 e. The van der Waals surface area contributed by atoms with Gasteiger partial charge < -0.3 is 15.1 Å². The van der Waals surface area contributed by atoms with Gasteiger partial charge in [0.15, 0.2) is 0 Å². The number of phenolic OH excluding ortho intramolecular Hbond substituents is 1. The summed E-state index contributed by atoms with van der Waals surface area (Å²) >= 11 is 0. The van der Waals surface area contributed by atoms with E-state index in [0.29, 0.717) is 25.3 Å². The molecule has 0 spiro atoms. The molecule has 0 bridgehead atoms. The summed E-state index contributed by atoms with van der Waals surface area (Å²) in [6.45, 7) is 13.2. The van der Waals surface area contributed by atoms with Crippen LogP contribution in [-0.2, 0) is 22.0 Å². The van der Waals surface area contributed by atoms with Crippen LogP contribution in [0.2, 0.25) is 0 Å². The number of phenols is 1. The number of rotatable bonds is 2. The van der Waals surface area contributed by atoms with Gasteiger partial charge >= 0.3 is 0 Å². The van der Waals surface area contributed by atoms with E-state index in [-0.39, 0.29) is 22.8 Å². The lowest BCUT2D eigenvalue weighted by Gasteiger charge is -2.36. The smallest absolute Gasteiger partial charge is 0.227 e. The van der Waals surface area contributed by atoms with E-state index < -0.39 is 0 Å². The summed E-state index contributed by atoms with van der Waals surface area (Å²) in [5.41, 5.74) is 2.27. The molecule has 1 aliphatic rings. The van der Waals surface area contributed by atoms with Crippen molar-refractivity contribution in [1.82, 2.24) is 4.90 Å². The normalized spacial score (nSPS) is 16.4. The lowest BCUT2D eigenvalue weighted by atomic mass is 9.78. The monoisotopic (exact) mass is 319 g/mol. The van der Waals surface area contributed by atoms with Crippen molar-refractivity contribution in [1.29, 1.82) is 0 Å². The van der Waals surface area contributed by atoms with Crippen molar-refractivity contribution in [3.8, 4) is 5.75 Å². The molecule has 1 aliphatic heterocycles. The van der Waals surface area contributed by atoms with E-state index in [0.717, 1.165) is 16.7 Å². The molecule has 1 heterocycles. The van der Waals surface area contributed by atoms with Gasteiger partial charge in [0.05, 0.1) is 12.5 Å². The molecule has 0 saturated carbocycles. The van der Waals surface area contributed by atoms with E-state index >= 15 is 0 Å². The second-order valence-corrected chi connectivity index (χ2v) is 8.67. The summed E-state index contributed by atoms with van der Waals surface area (Å²) in [5.74, 6) is 0.362. The Morgan fingerprint density at radius 3 is 1.87 bits per heavy atom. The lowest BCUT2D eigenvalue weighted by molar-refractivity contribution is -0.140. The third kappa shape index (κ3) is 3.86. The number of carbonyl (C=O) groups is 1. The number of nitrogens with zero attached hydrogens (tertiary/aromatic N) is 1. The average molecular weight is 319 g/mol. The highest BCUT2D eigenvalue weighted by atomic mass is 16.3. The van der Waals surface area contributed by atoms with Crippen LogP contribution in [0.4, 0.5) is 0 Å². The van der Waals surface area contributed by atoms with Crippen molar-refractivity contribution in [3.63, 3.8) is 0 Å². The zero-order valence-corrected chi connectivity index (χ0v) is 15.1. The van der Waals surface area contributed by atoms with Crippen LogP contribution in [0, 0.1) is 0 Å². The van der Waals surface area contributed by atoms with E-state index in [9.17, 15) is 15.0 Å². The molecule has 2 N–H and O–H groups in total. The van der Waals surface area contributed by atoms with Gasteiger partial charge in [0, 0.05) is 13.1 Å². The van der Waals surface area contributed by atoms with Crippen molar-refractivity contribution in [2.24, 2.45) is 0 Å². The molecule has 0 radical (unpaired) electrons. The van der Waals surface area contributed by atoms with Crippen molar-refractivity contribution >= 4 is 5.91 Å². The first-order chi connectivity index (χ1) is 10.4. The van der Waals surface area contributed by atoms with Gasteiger partial charge in [0.25, 0.3) is 0 Å². The number of likely N-dealkylation sites (tertiary alicyclic amines) is 1. The van der Waals surface area contributed by atoms with E-state index in [2.05, 4.69) is 41.5 Å². The molecule has 4 nitrogen and oxygen atoms in total. The Bertz CT molecular complexity index is 567. The first-order valence-electron chi connectivity index (χ1n) is 8.22. The van der Waals surface area contributed by atoms with Crippen LogP contribution in [-0.4, -0.2) is 40.2 Å². The minimum atomic E-state index is -0.381. The van der Waals surface area contributed by atoms with Crippen LogP contribution in [0.15, 0.2) is 12.1 Å². The topological polar surface area (TPSA) is 60.8 Å². The van der Waals surface area contributed by atoms with E-state index in [4.69, 9.17) is 0 Å². The number of hydrogen-bond donors (Lipinski definition) is 2. The zero-order chi connectivity index (χ0) is 17.6. The molecule has 1 saturated heterocycles. The molecule has 1 amide bonds. The van der Waals surface area contributed by atoms with Crippen molar-refractivity contribution in [2.45, 2.75) is 64.9 Å². The number of benzene rings is 1. The van der Waals surface area contributed by atoms with Gasteiger partial charge in [-0.05, 0) is 27.5 Å². The maximum atomic E-state index is 12.3. The molecule has 23 heavy (non-hydrogen) atoms. The maximum Gasteiger partial charge on any atom is 0.227 e. The molecule has 0 aliphatic carbocycles. The second-order valence-electron chi connectivity index (χ2n) is 8.67. The molecular weight excluding hydrogens is 290 g/mol. The van der Waals surface area contributed by atoms with Gasteiger partial charge in [-0.1, -0.05) is 53.7 Å². The van der Waals surface area contributed by atoms with Gasteiger partial charge in [0.1, 0.15) is 5.75 Å². The highest BCUT2D eigenvalue weighted by Gasteiger charge is 2.30. The Labute approximate surface area is 139 Å². The third-order valence-electron chi connectivity index (χ3n) is 4.36. The van der Waals surface area contributed by atoms with Crippen LogP contribution >= 0.6 is 0 Å². The van der Waals surface area contributed by atoms with Crippen molar-refractivity contribution in [2.75, 3.05) is 13.1 Å². The van der Waals surface area contributed by atoms with Crippen LogP contribution in [0.3, 0.4) is 0 Å². The molecule has 4 heteroatoms. The summed E-state index contributed by atoms with van der Waals surface area (Å²) in [7, 11) is 0. The molecule has 1 fully saturated rings. The minimum absolute atomic E-state index is 0.0284. The lowest BCUT2D eigenvalue weighted by Crippen LogP contribution is -2.53. The van der Waals surface area contributed by atoms with Crippen molar-refractivity contribution in [3.05, 3.63) is 28.8 Å². The van der Waals surface area contributed by atoms with Crippen molar-refractivity contribution < 1.29 is 15.0 Å². The molecule has 0 aromatic heterocycles. The quantitative estimate of drug-likeness (QED) is 0.881. The van der Waals surface area contributed by atoms with Gasteiger partial charge in [-0.2, -0.15) is 0 Å². The largest absolute Gasteiger partial charge is 0.507 e. The highest BCUT2D eigenvalue weighted by molar-refractivity contribution is 5.80. The Balaban J connectivity index is 2.38. The predicted octanol–water partition coefficient (Wildman–Crippen LogP) is 2.73. The number of carbonyl (C=O) groups excluding carboxylic acids is 1. The molecule has 128 valence electrons. The standard InChI is InChI=1S/C19H29NO3/c1-18(2,3)14-7-12(8-15(17(14)23)19(4,5)6)9-16(22)20-10-13(21)11-20/h7-8,13,21,23H,9-11H2,1-6H3. The molecule has 1 aromatic rings. The van der Waals surface area contributed by atoms with Gasteiger partial charge in [-0.25, -0.2) is 0 Å². The summed E-state index contributed by atoms with van der Waals surface area (Å²) in [6, 6.07) is 3.89. The van der Waals surface area contributed by atoms with Crippen LogP contribution < -0.4 is 0 Å². The number of aliphatic hydroxyl groups is 1. The fourth-order valence-corrected chi connectivity index (χ4v) is 2.89. The third-order valence-corrected chi connectivity index (χ3v) is 4.36. The SMILES string of the molecule is CC(C)(C)c1cc(CC(=O)N2CC(O)C2)cc(C(C)(C)C)c1O. The molecule has 0 unspecified atom stereocenters. The molecule has 0 atom stereocenters. The average Bonchev–Trinajstić information content (AvgIpc) is 2.34. The first-order valence-corrected chi connectivity index (χ1v) is 8.22. The predicted molar refractivity (Wildman–Crippen MR) is 91.8 cm³/mol. The number of β-amino-alcohol motifs (C(OH)–C–C–N with tert-alkyl or cyclic N) is 1. The Morgan fingerprint density at radius 2 is 1.52 bits per heavy atom. The van der Waals surface area contributed by atoms with Crippen LogP contribution in [0.25, 0.3) is 0 Å². The molecular formula is C19H29NO3. The fraction of sp³-hybridized carbons (Fsp3) is 0.632. The van der Waals surface area contributed by atoms with E-state index in [1.807, 2.05) is 12.1 Å². The van der Waals surface area contributed by atoms with Gasteiger partial charge in [-0.15, -0.1) is 0 Å². The summed E-state index contributed by atoms with van der Waals surface area (Å²) < 4.78 is 0. The zero-order valence-electron chi connectivity index (χ0n) is 15.1. The fourth-order valence-electron chi connectivity index (χ4n) is 2.89. The van der Waals surface area contributed by atoms with Gasteiger partial charge in [0.2, 0.25) is 5.91 Å². The first kappa shape index (κ1) is 17.8. The highest BCUT2D eigenvalue weighted by Crippen LogP contribution is 2.39. The van der Waals surface area contributed by atoms with Gasteiger partial charge in [-0.3, -0.25) is 4.79 Å². The summed E-state index contributed by atoms with van der Waals surface area (Å²) in [5, 5.41) is 20.0. The second kappa shape index (κ2) is 5.82. The van der Waals surface area contributed by atoms with Crippen LogP contribution in [0.1, 0.15) is 58.2 Å². The Morgan fingerprint density at radius 1 is 1.09 bits per heavy atom. The van der Waals surface area contributed by atoms with E-state index in [1.165, 1.54) is 0 Å². The molecule has 1 aromatic carbocycles. The van der Waals surface area contributed by atoms with Crippen LogP contribution in [0.5, 0.6) is 5.75 Å². The molecule has 2 rings (SSSR count). The van der Waals surface area contributed by atoms with E-state index in [1.54, 1.807) is 4.90 Å². The number of amides is 1. The number of aromatic hydroxyl groups is 1. The Hall–Kier alpha value is -1.55. The maximum absolute atomic E-state index is 12.3. The summed E-state index contributed by atoms with van der Waals surface area (Å²) in [6.07, 6.45) is -0.0758. The summed E-state index contributed by atoms with van der Waals surface area (Å²) in [4.78, 5) is 14.0. The Kier molecular flexibility index (Phi) is 4.51. The number of aliphatic hydroxyl groups excluding tert-OH is 1.